The second-order valence-corrected chi connectivity index (χ2v) is 9.96. The van der Waals surface area contributed by atoms with Crippen molar-refractivity contribution in [3.63, 3.8) is 0 Å². The second-order valence-electron chi connectivity index (χ2n) is 8.69. The van der Waals surface area contributed by atoms with Gasteiger partial charge in [0.2, 0.25) is 5.91 Å². The number of urea groups is 1. The molecule has 1 aromatic rings. The van der Waals surface area contributed by atoms with Crippen molar-refractivity contribution >= 4 is 29.5 Å². The first-order valence-corrected chi connectivity index (χ1v) is 12.0. The van der Waals surface area contributed by atoms with E-state index in [2.05, 4.69) is 31.8 Å². The van der Waals surface area contributed by atoms with E-state index in [9.17, 15) is 9.59 Å². The number of aromatic nitrogens is 2. The number of amides is 3. The average molecular weight is 419 g/mol. The molecule has 0 radical (unpaired) electrons. The largest absolute Gasteiger partial charge is 0.352 e. The zero-order valence-electron chi connectivity index (χ0n) is 16.7. The molecule has 0 aromatic carbocycles. The minimum Gasteiger partial charge on any atom is -0.352 e. The Morgan fingerprint density at radius 3 is 2.79 bits per heavy atom. The van der Waals surface area contributed by atoms with Gasteiger partial charge < -0.3 is 20.4 Å². The van der Waals surface area contributed by atoms with Crippen LogP contribution in [0.2, 0.25) is 0 Å². The SMILES string of the molecule is O=C1N[C@H]2[C@H](CS[C@H]2CCCCC(=O)N2CCN(c3cc(C4CC4)[nH]n3)CC2)N1. The fourth-order valence-corrected chi connectivity index (χ4v) is 6.24. The lowest BCUT2D eigenvalue weighted by molar-refractivity contribution is -0.131. The molecule has 1 aromatic heterocycles. The van der Waals surface area contributed by atoms with Crippen LogP contribution >= 0.6 is 11.8 Å². The molecular formula is C20H30N6O2S. The molecule has 3 amide bonds. The van der Waals surface area contributed by atoms with Crippen LogP contribution in [0.15, 0.2) is 6.07 Å². The quantitative estimate of drug-likeness (QED) is 0.463. The van der Waals surface area contributed by atoms with Gasteiger partial charge in [0, 0.05) is 61.3 Å². The number of piperazine rings is 1. The summed E-state index contributed by atoms with van der Waals surface area (Å²) >= 11 is 1.94. The lowest BCUT2D eigenvalue weighted by atomic mass is 10.0. The third-order valence-electron chi connectivity index (χ3n) is 6.63. The molecule has 4 aliphatic rings. The molecule has 9 heteroatoms. The van der Waals surface area contributed by atoms with Gasteiger partial charge in [-0.3, -0.25) is 9.89 Å². The Morgan fingerprint density at radius 2 is 2.00 bits per heavy atom. The summed E-state index contributed by atoms with van der Waals surface area (Å²) in [7, 11) is 0. The highest BCUT2D eigenvalue weighted by atomic mass is 32.2. The van der Waals surface area contributed by atoms with Gasteiger partial charge in [-0.2, -0.15) is 16.9 Å². The molecule has 0 spiro atoms. The maximum Gasteiger partial charge on any atom is 0.315 e. The average Bonchev–Trinajstić information content (AvgIpc) is 3.16. The summed E-state index contributed by atoms with van der Waals surface area (Å²) < 4.78 is 0. The van der Waals surface area contributed by atoms with Crippen LogP contribution in [-0.4, -0.2) is 76.3 Å². The van der Waals surface area contributed by atoms with Gasteiger partial charge in [0.15, 0.2) is 5.82 Å². The number of anilines is 1. The number of hydrogen-bond acceptors (Lipinski definition) is 5. The third kappa shape index (κ3) is 4.20. The van der Waals surface area contributed by atoms with Gasteiger partial charge in [0.1, 0.15) is 0 Å². The summed E-state index contributed by atoms with van der Waals surface area (Å²) in [5.74, 6) is 2.99. The molecule has 5 rings (SSSR count). The number of carbonyl (C=O) groups excluding carboxylic acids is 2. The normalized spacial score (nSPS) is 29.0. The Hall–Kier alpha value is -1.90. The van der Waals surface area contributed by atoms with E-state index in [1.165, 1.54) is 18.5 Å². The van der Waals surface area contributed by atoms with E-state index in [-0.39, 0.29) is 24.0 Å². The number of hydrogen-bond donors (Lipinski definition) is 3. The van der Waals surface area contributed by atoms with Crippen LogP contribution < -0.4 is 15.5 Å². The third-order valence-corrected chi connectivity index (χ3v) is 8.13. The predicted molar refractivity (Wildman–Crippen MR) is 113 cm³/mol. The van der Waals surface area contributed by atoms with Gasteiger partial charge in [-0.05, 0) is 25.7 Å². The molecule has 29 heavy (non-hydrogen) atoms. The first-order chi connectivity index (χ1) is 14.2. The van der Waals surface area contributed by atoms with Gasteiger partial charge in [0.25, 0.3) is 0 Å². The monoisotopic (exact) mass is 418 g/mol. The fraction of sp³-hybridized carbons (Fsp3) is 0.750. The smallest absolute Gasteiger partial charge is 0.315 e. The van der Waals surface area contributed by atoms with Crippen LogP contribution in [0.3, 0.4) is 0 Å². The zero-order chi connectivity index (χ0) is 19.8. The number of unbranched alkanes of at least 4 members (excludes halogenated alkanes) is 1. The Morgan fingerprint density at radius 1 is 1.17 bits per heavy atom. The molecule has 0 unspecified atom stereocenters. The van der Waals surface area contributed by atoms with Crippen molar-refractivity contribution in [3.05, 3.63) is 11.8 Å². The molecule has 158 valence electrons. The van der Waals surface area contributed by atoms with E-state index < -0.39 is 0 Å². The van der Waals surface area contributed by atoms with Crippen LogP contribution in [0.25, 0.3) is 0 Å². The molecule has 0 bridgehead atoms. The molecule has 8 nitrogen and oxygen atoms in total. The second kappa shape index (κ2) is 8.08. The Kier molecular flexibility index (Phi) is 5.32. The molecule has 1 aliphatic carbocycles. The Labute approximate surface area is 175 Å². The molecule has 3 aliphatic heterocycles. The van der Waals surface area contributed by atoms with Crippen molar-refractivity contribution in [3.8, 4) is 0 Å². The summed E-state index contributed by atoms with van der Waals surface area (Å²) in [6.07, 6.45) is 6.21. The number of carbonyl (C=O) groups is 2. The molecular weight excluding hydrogens is 388 g/mol. The highest BCUT2D eigenvalue weighted by Crippen LogP contribution is 2.40. The maximum atomic E-state index is 12.6. The van der Waals surface area contributed by atoms with Crippen molar-refractivity contribution in [2.75, 3.05) is 36.8 Å². The summed E-state index contributed by atoms with van der Waals surface area (Å²) in [6, 6.07) is 2.70. The highest BCUT2D eigenvalue weighted by molar-refractivity contribution is 8.00. The lowest BCUT2D eigenvalue weighted by Crippen LogP contribution is -2.48. The minimum atomic E-state index is -0.0294. The number of nitrogens with zero attached hydrogens (tertiary/aromatic N) is 3. The van der Waals surface area contributed by atoms with Crippen molar-refractivity contribution in [1.29, 1.82) is 0 Å². The number of fused-ring (bicyclic) bond motifs is 1. The van der Waals surface area contributed by atoms with Crippen molar-refractivity contribution in [2.45, 2.75) is 61.8 Å². The van der Waals surface area contributed by atoms with Crippen LogP contribution in [0, 0.1) is 0 Å². The summed E-state index contributed by atoms with van der Waals surface area (Å²) in [6.45, 7) is 3.28. The van der Waals surface area contributed by atoms with Crippen molar-refractivity contribution in [2.24, 2.45) is 0 Å². The molecule has 3 N–H and O–H groups in total. The van der Waals surface area contributed by atoms with Gasteiger partial charge in [-0.25, -0.2) is 4.79 Å². The van der Waals surface area contributed by atoms with E-state index in [0.717, 1.165) is 57.0 Å². The van der Waals surface area contributed by atoms with Crippen molar-refractivity contribution < 1.29 is 9.59 Å². The van der Waals surface area contributed by atoms with Crippen molar-refractivity contribution in [1.82, 2.24) is 25.7 Å². The summed E-state index contributed by atoms with van der Waals surface area (Å²) in [5.41, 5.74) is 1.26. The molecule has 3 saturated heterocycles. The Balaban J connectivity index is 1.00. The summed E-state index contributed by atoms with van der Waals surface area (Å²) in [5, 5.41) is 14.1. The highest BCUT2D eigenvalue weighted by Gasteiger charge is 2.42. The molecule has 4 heterocycles. The Bertz CT molecular complexity index is 758. The predicted octanol–water partition coefficient (Wildman–Crippen LogP) is 1.66. The van der Waals surface area contributed by atoms with E-state index in [1.807, 2.05) is 16.7 Å². The fourth-order valence-electron chi connectivity index (χ4n) is 4.70. The lowest BCUT2D eigenvalue weighted by Gasteiger charge is -2.34. The van der Waals surface area contributed by atoms with Crippen LogP contribution in [0.1, 0.15) is 50.1 Å². The number of nitrogens with one attached hydrogen (secondary N) is 3. The van der Waals surface area contributed by atoms with E-state index in [4.69, 9.17) is 0 Å². The van der Waals surface area contributed by atoms with Gasteiger partial charge in [-0.15, -0.1) is 0 Å². The number of H-pyrrole nitrogens is 1. The first kappa shape index (κ1) is 19.1. The van der Waals surface area contributed by atoms with Gasteiger partial charge in [0.05, 0.1) is 12.1 Å². The molecule has 3 atom stereocenters. The van der Waals surface area contributed by atoms with E-state index in [0.29, 0.717) is 17.6 Å². The standard InChI is InChI=1S/C20H30N6O2S/c27-18(4-2-1-3-16-19-15(12-29-16)21-20(28)22-19)26-9-7-25(8-10-26)17-11-14(23-24-17)13-5-6-13/h11,13,15-16,19H,1-10,12H2,(H,23,24)(H2,21,22,28)/t15-,16-,19-/m0/s1. The number of thioether (sulfide) groups is 1. The maximum absolute atomic E-state index is 12.6. The summed E-state index contributed by atoms with van der Waals surface area (Å²) in [4.78, 5) is 28.3. The molecule has 1 saturated carbocycles. The van der Waals surface area contributed by atoms with Gasteiger partial charge in [-0.1, -0.05) is 6.42 Å². The number of aromatic amines is 1. The molecule has 4 fully saturated rings. The van der Waals surface area contributed by atoms with E-state index in [1.54, 1.807) is 0 Å². The first-order valence-electron chi connectivity index (χ1n) is 10.9. The zero-order valence-corrected chi connectivity index (χ0v) is 17.5. The topological polar surface area (TPSA) is 93.4 Å². The van der Waals surface area contributed by atoms with Gasteiger partial charge >= 0.3 is 6.03 Å². The van der Waals surface area contributed by atoms with Crippen LogP contribution in [0.4, 0.5) is 10.6 Å². The van der Waals surface area contributed by atoms with Crippen LogP contribution in [-0.2, 0) is 4.79 Å². The van der Waals surface area contributed by atoms with E-state index >= 15 is 0 Å². The number of rotatable bonds is 7. The minimum absolute atomic E-state index is 0.0294. The van der Waals surface area contributed by atoms with Crippen LogP contribution in [0.5, 0.6) is 0 Å².